The third-order valence-corrected chi connectivity index (χ3v) is 5.89. The summed E-state index contributed by atoms with van der Waals surface area (Å²) in [5.74, 6) is -0.462. The molecule has 0 atom stereocenters. The number of benzene rings is 2. The highest BCUT2D eigenvalue weighted by Gasteiger charge is 2.27. The van der Waals surface area contributed by atoms with Gasteiger partial charge >= 0.3 is 12.8 Å². The maximum atomic E-state index is 13.8. The summed E-state index contributed by atoms with van der Waals surface area (Å²) >= 11 is 0. The third kappa shape index (κ3) is 6.13. The Labute approximate surface area is 218 Å². The number of nitrogens with one attached hydrogen (secondary N) is 1. The number of nitrogen functional groups attached to an aromatic ring is 1. The number of ether oxygens (including phenoxy) is 1. The van der Waals surface area contributed by atoms with Gasteiger partial charge in [-0.25, -0.2) is 9.97 Å². The van der Waals surface area contributed by atoms with Crippen LogP contribution in [-0.4, -0.2) is 46.1 Å². The second kappa shape index (κ2) is 10.3. The summed E-state index contributed by atoms with van der Waals surface area (Å²) in [6.45, 7) is -4.41. The molecule has 0 aliphatic heterocycles. The molecular formula is C26H21F5N6O2. The zero-order valence-corrected chi connectivity index (χ0v) is 20.1. The monoisotopic (exact) mass is 544 g/mol. The summed E-state index contributed by atoms with van der Waals surface area (Å²) in [4.78, 5) is 26.4. The molecule has 2 aromatic carbocycles. The molecular weight excluding hydrogens is 523 g/mol. The van der Waals surface area contributed by atoms with Crippen LogP contribution in [0, 0.1) is 0 Å². The molecule has 3 N–H and O–H groups in total. The number of rotatable bonds is 8. The van der Waals surface area contributed by atoms with Crippen molar-refractivity contribution in [2.24, 2.45) is 4.99 Å². The van der Waals surface area contributed by atoms with Crippen LogP contribution in [0.3, 0.4) is 0 Å². The SMILES string of the molecule is Nc1ccc(-n2cc3cnc(NCC(F)(F)F)nc3c(-c3ccc(OC(F)F)cc3)c2=O)cc1C=NC1CC1. The van der Waals surface area contributed by atoms with E-state index in [-0.39, 0.29) is 34.4 Å². The molecule has 8 nitrogen and oxygen atoms in total. The first-order chi connectivity index (χ1) is 18.6. The highest BCUT2D eigenvalue weighted by molar-refractivity contribution is 5.93. The van der Waals surface area contributed by atoms with Crippen LogP contribution in [0.25, 0.3) is 27.7 Å². The van der Waals surface area contributed by atoms with Crippen LogP contribution in [0.2, 0.25) is 0 Å². The zero-order valence-electron chi connectivity index (χ0n) is 20.1. The molecule has 1 saturated carbocycles. The quantitative estimate of drug-likeness (QED) is 0.180. The summed E-state index contributed by atoms with van der Waals surface area (Å²) in [7, 11) is 0. The highest BCUT2D eigenvalue weighted by atomic mass is 19.4. The zero-order chi connectivity index (χ0) is 27.7. The number of nitrogens with zero attached hydrogens (tertiary/aromatic N) is 4. The van der Waals surface area contributed by atoms with Crippen LogP contribution in [0.4, 0.5) is 33.6 Å². The van der Waals surface area contributed by atoms with E-state index in [0.29, 0.717) is 22.3 Å². The van der Waals surface area contributed by atoms with E-state index < -0.39 is 24.9 Å². The van der Waals surface area contributed by atoms with Crippen LogP contribution in [0.5, 0.6) is 5.75 Å². The Hall–Kier alpha value is -4.55. The number of alkyl halides is 5. The number of anilines is 2. The van der Waals surface area contributed by atoms with Crippen molar-refractivity contribution in [2.45, 2.75) is 31.7 Å². The lowest BCUT2D eigenvalue weighted by atomic mass is 10.0. The molecule has 2 heterocycles. The number of fused-ring (bicyclic) bond motifs is 1. The molecule has 0 unspecified atom stereocenters. The number of pyridine rings is 1. The van der Waals surface area contributed by atoms with E-state index in [2.05, 4.69) is 25.0 Å². The van der Waals surface area contributed by atoms with Crippen molar-refractivity contribution in [2.75, 3.05) is 17.6 Å². The first kappa shape index (κ1) is 26.1. The van der Waals surface area contributed by atoms with Crippen molar-refractivity contribution in [3.05, 3.63) is 70.8 Å². The fourth-order valence-electron chi connectivity index (χ4n) is 3.86. The second-order valence-electron chi connectivity index (χ2n) is 8.87. The molecule has 1 aliphatic rings. The van der Waals surface area contributed by atoms with E-state index in [1.807, 2.05) is 0 Å². The van der Waals surface area contributed by atoms with Gasteiger partial charge in [0.25, 0.3) is 5.56 Å². The number of nitrogens with two attached hydrogens (primary N) is 1. The molecule has 202 valence electrons. The number of hydrogen-bond acceptors (Lipinski definition) is 7. The normalized spacial score (nSPS) is 13.9. The molecule has 0 spiro atoms. The van der Waals surface area contributed by atoms with Gasteiger partial charge in [-0.3, -0.25) is 14.4 Å². The van der Waals surface area contributed by atoms with E-state index in [1.54, 1.807) is 24.4 Å². The van der Waals surface area contributed by atoms with Crippen LogP contribution in [-0.2, 0) is 0 Å². The Bertz CT molecular complexity index is 1600. The van der Waals surface area contributed by atoms with Crippen molar-refractivity contribution in [3.63, 3.8) is 0 Å². The van der Waals surface area contributed by atoms with Gasteiger partial charge in [0.1, 0.15) is 12.3 Å². The van der Waals surface area contributed by atoms with Crippen molar-refractivity contribution in [1.82, 2.24) is 14.5 Å². The lowest BCUT2D eigenvalue weighted by Crippen LogP contribution is -2.23. The topological polar surface area (TPSA) is 107 Å². The van der Waals surface area contributed by atoms with Gasteiger partial charge in [-0.15, -0.1) is 0 Å². The average molecular weight is 544 g/mol. The molecule has 0 amide bonds. The first-order valence-electron chi connectivity index (χ1n) is 11.8. The largest absolute Gasteiger partial charge is 0.435 e. The number of hydrogen-bond donors (Lipinski definition) is 2. The molecule has 1 aliphatic carbocycles. The summed E-state index contributed by atoms with van der Waals surface area (Å²) in [5.41, 5.74) is 7.46. The summed E-state index contributed by atoms with van der Waals surface area (Å²) in [5, 5.41) is 2.45. The minimum atomic E-state index is -4.51. The molecule has 13 heteroatoms. The molecule has 39 heavy (non-hydrogen) atoms. The van der Waals surface area contributed by atoms with E-state index in [4.69, 9.17) is 5.73 Å². The lowest BCUT2D eigenvalue weighted by Gasteiger charge is -2.15. The van der Waals surface area contributed by atoms with Gasteiger partial charge in [-0.2, -0.15) is 22.0 Å². The van der Waals surface area contributed by atoms with E-state index >= 15 is 0 Å². The predicted octanol–water partition coefficient (Wildman–Crippen LogP) is 5.19. The van der Waals surface area contributed by atoms with Crippen molar-refractivity contribution in [3.8, 4) is 22.6 Å². The van der Waals surface area contributed by atoms with Crippen LogP contribution < -0.4 is 21.3 Å². The molecule has 2 aromatic heterocycles. The van der Waals surface area contributed by atoms with Gasteiger partial charge in [-0.05, 0) is 48.7 Å². The molecule has 5 rings (SSSR count). The van der Waals surface area contributed by atoms with Gasteiger partial charge in [0, 0.05) is 40.9 Å². The Morgan fingerprint density at radius 3 is 2.59 bits per heavy atom. The average Bonchev–Trinajstić information content (AvgIpc) is 3.71. The van der Waals surface area contributed by atoms with E-state index in [0.717, 1.165) is 12.8 Å². The number of halogens is 5. The Balaban J connectivity index is 1.65. The maximum Gasteiger partial charge on any atom is 0.405 e. The van der Waals surface area contributed by atoms with Gasteiger partial charge in [0.15, 0.2) is 0 Å². The van der Waals surface area contributed by atoms with Gasteiger partial charge in [-0.1, -0.05) is 12.1 Å². The third-order valence-electron chi connectivity index (χ3n) is 5.89. The number of aliphatic imine (C=N–C) groups is 1. The lowest BCUT2D eigenvalue weighted by molar-refractivity contribution is -0.115. The summed E-state index contributed by atoms with van der Waals surface area (Å²) < 4.78 is 69.2. The van der Waals surface area contributed by atoms with Crippen LogP contribution in [0.1, 0.15) is 18.4 Å². The standard InChI is InChI=1S/C26H21F5N6O2/c27-24(28)39-19-6-1-14(2-7-19)21-22-16(11-34-25(36-22)35-13-26(29,30)31)12-37(23(21)38)18-5-8-20(32)15(9-18)10-33-17-3-4-17/h1-2,5-12,17,24H,3-4,13,32H2,(H,35,36). The van der Waals surface area contributed by atoms with Crippen LogP contribution in [0.15, 0.2) is 64.6 Å². The van der Waals surface area contributed by atoms with Crippen molar-refractivity contribution >= 4 is 28.8 Å². The highest BCUT2D eigenvalue weighted by Crippen LogP contribution is 2.29. The maximum absolute atomic E-state index is 13.8. The predicted molar refractivity (Wildman–Crippen MR) is 137 cm³/mol. The molecule has 0 saturated heterocycles. The Morgan fingerprint density at radius 1 is 1.18 bits per heavy atom. The minimum Gasteiger partial charge on any atom is -0.435 e. The van der Waals surface area contributed by atoms with Gasteiger partial charge in [0.05, 0.1) is 17.1 Å². The second-order valence-corrected chi connectivity index (χ2v) is 8.87. The molecule has 4 aromatic rings. The minimum absolute atomic E-state index is 0.0265. The van der Waals surface area contributed by atoms with E-state index in [9.17, 15) is 26.7 Å². The fourth-order valence-corrected chi connectivity index (χ4v) is 3.86. The van der Waals surface area contributed by atoms with E-state index in [1.165, 1.54) is 41.2 Å². The van der Waals surface area contributed by atoms with Gasteiger partial charge < -0.3 is 15.8 Å². The Kier molecular flexibility index (Phi) is 6.89. The molecule has 0 radical (unpaired) electrons. The fraction of sp³-hybridized carbons (Fsp3) is 0.231. The number of aromatic nitrogens is 3. The van der Waals surface area contributed by atoms with Crippen molar-refractivity contribution < 1.29 is 26.7 Å². The summed E-state index contributed by atoms with van der Waals surface area (Å²) in [6, 6.07) is 10.5. The van der Waals surface area contributed by atoms with Crippen LogP contribution >= 0.6 is 0 Å². The smallest absolute Gasteiger partial charge is 0.405 e. The molecule has 1 fully saturated rings. The van der Waals surface area contributed by atoms with Crippen molar-refractivity contribution in [1.29, 1.82) is 0 Å². The Morgan fingerprint density at radius 2 is 1.92 bits per heavy atom. The first-order valence-corrected chi connectivity index (χ1v) is 11.8. The van der Waals surface area contributed by atoms with Gasteiger partial charge in [0.2, 0.25) is 5.95 Å². The molecule has 0 bridgehead atoms. The summed E-state index contributed by atoms with van der Waals surface area (Å²) in [6.07, 6.45) is 1.92.